The number of nitrogen functional groups attached to an aromatic ring is 1. The van der Waals surface area contributed by atoms with Crippen molar-refractivity contribution in [3.05, 3.63) is 28.8 Å². The number of nitrogens with two attached hydrogens (primary N) is 1. The summed E-state index contributed by atoms with van der Waals surface area (Å²) in [7, 11) is 0. The van der Waals surface area contributed by atoms with Crippen molar-refractivity contribution in [2.75, 3.05) is 12.3 Å². The van der Waals surface area contributed by atoms with Crippen molar-refractivity contribution in [3.63, 3.8) is 0 Å². The number of nitrogens with zero attached hydrogens (tertiary/aromatic N) is 2. The maximum Gasteiger partial charge on any atom is 0.198 e. The van der Waals surface area contributed by atoms with Crippen molar-refractivity contribution < 1.29 is 9.94 Å². The summed E-state index contributed by atoms with van der Waals surface area (Å²) in [5, 5.41) is 15.2. The Balaban J connectivity index is 2.30. The van der Waals surface area contributed by atoms with Crippen LogP contribution in [-0.2, 0) is 10.4 Å². The molecule has 0 fully saturated rings. The molecule has 128 valence electrons. The fourth-order valence-corrected chi connectivity index (χ4v) is 3.37. The zero-order chi connectivity index (χ0) is 17.5. The number of benzene rings is 1. The summed E-state index contributed by atoms with van der Waals surface area (Å²) in [6, 6.07) is 4.02. The molecule has 0 bridgehead atoms. The molecule has 2 aromatic rings. The molecule has 0 aliphatic carbocycles. The molecule has 1 aromatic heterocycles. The third kappa shape index (κ3) is 2.57. The highest BCUT2D eigenvalue weighted by Gasteiger charge is 2.30. The molecule has 0 unspecified atom stereocenters. The molecular formula is C18H24N4O2. The zero-order valence-corrected chi connectivity index (χ0v) is 14.6. The van der Waals surface area contributed by atoms with E-state index in [2.05, 4.69) is 15.1 Å². The SMILES string of the molecule is CCC(O)(CC)c1cc(C2=C(C)CON=C2C)cc2[nH]c(N)nc12. The number of hydrogen-bond donors (Lipinski definition) is 3. The highest BCUT2D eigenvalue weighted by Crippen LogP contribution is 2.37. The summed E-state index contributed by atoms with van der Waals surface area (Å²) in [6.07, 6.45) is 1.20. The Morgan fingerprint density at radius 1 is 1.29 bits per heavy atom. The van der Waals surface area contributed by atoms with Crippen molar-refractivity contribution in [3.8, 4) is 0 Å². The number of anilines is 1. The van der Waals surface area contributed by atoms with Crippen molar-refractivity contribution in [2.24, 2.45) is 5.16 Å². The average Bonchev–Trinajstić information content (AvgIpc) is 2.93. The molecule has 1 aromatic carbocycles. The van der Waals surface area contributed by atoms with Crippen LogP contribution >= 0.6 is 0 Å². The number of hydrogen-bond acceptors (Lipinski definition) is 5. The number of H-pyrrole nitrogens is 1. The third-order valence-corrected chi connectivity index (χ3v) is 4.84. The van der Waals surface area contributed by atoms with Gasteiger partial charge in [-0.05, 0) is 50.0 Å². The number of rotatable bonds is 4. The number of imidazole rings is 1. The zero-order valence-electron chi connectivity index (χ0n) is 14.6. The van der Waals surface area contributed by atoms with E-state index in [0.29, 0.717) is 25.4 Å². The lowest BCUT2D eigenvalue weighted by Crippen LogP contribution is -2.24. The molecule has 24 heavy (non-hydrogen) atoms. The van der Waals surface area contributed by atoms with Crippen LogP contribution in [0.3, 0.4) is 0 Å². The number of aromatic amines is 1. The van der Waals surface area contributed by atoms with Crippen molar-refractivity contribution in [1.82, 2.24) is 9.97 Å². The number of oxime groups is 1. The minimum atomic E-state index is -0.944. The van der Waals surface area contributed by atoms with Gasteiger partial charge in [0.05, 0.1) is 22.3 Å². The number of aliphatic hydroxyl groups is 1. The molecule has 0 amide bonds. The largest absolute Gasteiger partial charge is 0.391 e. The van der Waals surface area contributed by atoms with Crippen LogP contribution in [0, 0.1) is 0 Å². The van der Waals surface area contributed by atoms with Crippen LogP contribution in [0.25, 0.3) is 16.6 Å². The molecule has 0 saturated heterocycles. The van der Waals surface area contributed by atoms with Crippen LogP contribution in [0.5, 0.6) is 0 Å². The van der Waals surface area contributed by atoms with Gasteiger partial charge in [0, 0.05) is 11.1 Å². The summed E-state index contributed by atoms with van der Waals surface area (Å²) in [5.41, 5.74) is 11.2. The van der Waals surface area contributed by atoms with Crippen LogP contribution < -0.4 is 5.73 Å². The van der Waals surface area contributed by atoms with Gasteiger partial charge in [-0.25, -0.2) is 4.98 Å². The lowest BCUT2D eigenvalue weighted by molar-refractivity contribution is 0.0297. The van der Waals surface area contributed by atoms with E-state index in [9.17, 15) is 5.11 Å². The second-order valence-corrected chi connectivity index (χ2v) is 6.39. The van der Waals surface area contributed by atoms with E-state index in [1.54, 1.807) is 0 Å². The van der Waals surface area contributed by atoms with E-state index in [1.165, 1.54) is 0 Å². The summed E-state index contributed by atoms with van der Waals surface area (Å²) in [6.45, 7) is 8.38. The fourth-order valence-electron chi connectivity index (χ4n) is 3.37. The van der Waals surface area contributed by atoms with E-state index in [-0.39, 0.29) is 0 Å². The van der Waals surface area contributed by atoms with Gasteiger partial charge in [0.25, 0.3) is 0 Å². The van der Waals surface area contributed by atoms with Gasteiger partial charge in [-0.15, -0.1) is 0 Å². The second-order valence-electron chi connectivity index (χ2n) is 6.39. The first-order valence-corrected chi connectivity index (χ1v) is 8.28. The predicted molar refractivity (Wildman–Crippen MR) is 96.6 cm³/mol. The lowest BCUT2D eigenvalue weighted by Gasteiger charge is -2.27. The smallest absolute Gasteiger partial charge is 0.198 e. The van der Waals surface area contributed by atoms with E-state index >= 15 is 0 Å². The predicted octanol–water partition coefficient (Wildman–Crippen LogP) is 3.33. The van der Waals surface area contributed by atoms with Gasteiger partial charge in [-0.2, -0.15) is 0 Å². The van der Waals surface area contributed by atoms with Gasteiger partial charge < -0.3 is 20.7 Å². The number of nitrogens with one attached hydrogen (secondary N) is 1. The van der Waals surface area contributed by atoms with Crippen molar-refractivity contribution in [2.45, 2.75) is 46.1 Å². The Bertz CT molecular complexity index is 844. The van der Waals surface area contributed by atoms with Gasteiger partial charge in [0.15, 0.2) is 5.95 Å². The van der Waals surface area contributed by atoms with E-state index in [1.807, 2.05) is 39.8 Å². The Labute approximate surface area is 141 Å². The van der Waals surface area contributed by atoms with E-state index in [0.717, 1.165) is 39.0 Å². The molecular weight excluding hydrogens is 304 g/mol. The first-order chi connectivity index (χ1) is 11.4. The van der Waals surface area contributed by atoms with Crippen LogP contribution in [0.1, 0.15) is 51.7 Å². The fraction of sp³-hybridized carbons (Fsp3) is 0.444. The number of allylic oxidation sites excluding steroid dienone is 1. The highest BCUT2D eigenvalue weighted by atomic mass is 16.6. The summed E-state index contributed by atoms with van der Waals surface area (Å²) < 4.78 is 0. The first kappa shape index (κ1) is 16.5. The van der Waals surface area contributed by atoms with Gasteiger partial charge in [0.1, 0.15) is 6.61 Å². The first-order valence-electron chi connectivity index (χ1n) is 8.28. The molecule has 0 atom stereocenters. The van der Waals surface area contributed by atoms with Gasteiger partial charge >= 0.3 is 0 Å². The molecule has 1 aliphatic heterocycles. The highest BCUT2D eigenvalue weighted by molar-refractivity contribution is 6.24. The molecule has 0 spiro atoms. The monoisotopic (exact) mass is 328 g/mol. The Hall–Kier alpha value is -2.34. The Morgan fingerprint density at radius 3 is 2.62 bits per heavy atom. The van der Waals surface area contributed by atoms with Crippen molar-refractivity contribution >= 4 is 28.3 Å². The molecule has 0 saturated carbocycles. The minimum absolute atomic E-state index is 0.348. The molecule has 6 heteroatoms. The summed E-state index contributed by atoms with van der Waals surface area (Å²) in [5.74, 6) is 0.348. The van der Waals surface area contributed by atoms with Crippen molar-refractivity contribution in [1.29, 1.82) is 0 Å². The second kappa shape index (κ2) is 5.94. The van der Waals surface area contributed by atoms with Gasteiger partial charge in [-0.3, -0.25) is 0 Å². The lowest BCUT2D eigenvalue weighted by atomic mass is 9.84. The third-order valence-electron chi connectivity index (χ3n) is 4.84. The van der Waals surface area contributed by atoms with Gasteiger partial charge in [0.2, 0.25) is 0 Å². The summed E-state index contributed by atoms with van der Waals surface area (Å²) >= 11 is 0. The number of fused-ring (bicyclic) bond motifs is 1. The normalized spacial score (nSPS) is 15.6. The van der Waals surface area contributed by atoms with Crippen LogP contribution in [0.2, 0.25) is 0 Å². The molecule has 2 heterocycles. The minimum Gasteiger partial charge on any atom is -0.391 e. The molecule has 4 N–H and O–H groups in total. The molecule has 3 rings (SSSR count). The maximum atomic E-state index is 11.1. The van der Waals surface area contributed by atoms with Crippen LogP contribution in [0.4, 0.5) is 5.95 Å². The average molecular weight is 328 g/mol. The van der Waals surface area contributed by atoms with Crippen LogP contribution in [-0.4, -0.2) is 27.4 Å². The summed E-state index contributed by atoms with van der Waals surface area (Å²) in [4.78, 5) is 12.7. The molecule has 0 radical (unpaired) electrons. The number of aromatic nitrogens is 2. The molecule has 6 nitrogen and oxygen atoms in total. The van der Waals surface area contributed by atoms with Crippen LogP contribution in [0.15, 0.2) is 22.9 Å². The van der Waals surface area contributed by atoms with Gasteiger partial charge in [-0.1, -0.05) is 19.0 Å². The van der Waals surface area contributed by atoms with E-state index < -0.39 is 5.60 Å². The Morgan fingerprint density at radius 2 is 2.00 bits per heavy atom. The maximum absolute atomic E-state index is 11.1. The Kier molecular flexibility index (Phi) is 4.09. The van der Waals surface area contributed by atoms with E-state index in [4.69, 9.17) is 10.6 Å². The molecule has 1 aliphatic rings. The quantitative estimate of drug-likeness (QED) is 0.802. The topological polar surface area (TPSA) is 96.5 Å². The standard InChI is InChI=1S/C18H24N4O2/c1-5-18(23,6-2)13-7-12(8-14-16(13)21-17(19)20-14)15-10(3)9-24-22-11(15)4/h7-8,23H,5-6,9H2,1-4H3,(H3,19,20,21).